The quantitative estimate of drug-likeness (QED) is 0.580. The minimum atomic E-state index is -0.722. The Morgan fingerprint density at radius 2 is 1.59 bits per heavy atom. The molecule has 3 N–H and O–H groups in total. The Labute approximate surface area is 200 Å². The molecule has 4 rings (SSSR count). The lowest BCUT2D eigenvalue weighted by Gasteiger charge is -2.31. The van der Waals surface area contributed by atoms with Crippen LogP contribution in [0, 0.1) is 0 Å². The molecule has 2 aliphatic heterocycles. The summed E-state index contributed by atoms with van der Waals surface area (Å²) in [6.45, 7) is 2.08. The van der Waals surface area contributed by atoms with Gasteiger partial charge in [-0.25, -0.2) is 0 Å². The second-order valence-corrected chi connectivity index (χ2v) is 8.79. The summed E-state index contributed by atoms with van der Waals surface area (Å²) in [5, 5.41) is 8.86. The molecular weight excluding hydrogens is 432 g/mol. The van der Waals surface area contributed by atoms with E-state index in [0.29, 0.717) is 25.9 Å². The third kappa shape index (κ3) is 5.13. The monoisotopic (exact) mass is 464 g/mol. The summed E-state index contributed by atoms with van der Waals surface area (Å²) in [4.78, 5) is 40.9. The standard InChI is InChI=1S/C26H32N4O4/c1-17(27-2)24(31)28-20-15-16-34-22-14-13-21(30(22)26(20)33)25(32)29-23(18-9-5-3-6-10-18)19-11-7-4-8-12-19/h3-12,17,20-23,27H,13-16H2,1-2H3,(H,28,31)(H,29,32)/t17-,20-,21+,22-/m0/s1. The Morgan fingerprint density at radius 1 is 0.971 bits per heavy atom. The predicted octanol–water partition coefficient (Wildman–Crippen LogP) is 1.72. The summed E-state index contributed by atoms with van der Waals surface area (Å²) in [5.74, 6) is -0.756. The molecule has 0 bridgehead atoms. The van der Waals surface area contributed by atoms with Gasteiger partial charge in [0.15, 0.2) is 0 Å². The first-order valence-corrected chi connectivity index (χ1v) is 11.8. The fourth-order valence-electron chi connectivity index (χ4n) is 4.57. The minimum absolute atomic E-state index is 0.229. The van der Waals surface area contributed by atoms with Crippen molar-refractivity contribution in [3.05, 3.63) is 71.8 Å². The van der Waals surface area contributed by atoms with Crippen molar-refractivity contribution in [3.63, 3.8) is 0 Å². The number of hydrogen-bond donors (Lipinski definition) is 3. The summed E-state index contributed by atoms with van der Waals surface area (Å²) in [6, 6.07) is 17.4. The highest BCUT2D eigenvalue weighted by Gasteiger charge is 2.46. The molecule has 34 heavy (non-hydrogen) atoms. The highest BCUT2D eigenvalue weighted by Crippen LogP contribution is 2.30. The molecule has 4 atom stereocenters. The molecule has 0 spiro atoms. The molecule has 0 aliphatic carbocycles. The zero-order chi connectivity index (χ0) is 24.1. The third-order valence-corrected chi connectivity index (χ3v) is 6.60. The lowest BCUT2D eigenvalue weighted by atomic mass is 9.98. The number of nitrogens with one attached hydrogen (secondary N) is 3. The Hall–Kier alpha value is -3.23. The van der Waals surface area contributed by atoms with Gasteiger partial charge in [-0.15, -0.1) is 0 Å². The SMILES string of the molecule is CN[C@@H](C)C(=O)N[C@H]1CCO[C@H]2CC[C@H](C(=O)NC(c3ccccc3)c3ccccc3)N2C1=O. The predicted molar refractivity (Wildman–Crippen MR) is 128 cm³/mol. The van der Waals surface area contributed by atoms with Gasteiger partial charge in [-0.1, -0.05) is 60.7 Å². The van der Waals surface area contributed by atoms with E-state index < -0.39 is 24.4 Å². The molecule has 2 saturated heterocycles. The van der Waals surface area contributed by atoms with E-state index in [9.17, 15) is 14.4 Å². The number of carbonyl (C=O) groups is 3. The number of rotatable bonds is 7. The van der Waals surface area contributed by atoms with E-state index in [0.717, 1.165) is 11.1 Å². The summed E-state index contributed by atoms with van der Waals surface area (Å²) in [6.07, 6.45) is 1.00. The van der Waals surface area contributed by atoms with Gasteiger partial charge in [0.05, 0.1) is 18.7 Å². The van der Waals surface area contributed by atoms with Crippen LogP contribution in [-0.4, -0.2) is 60.6 Å². The minimum Gasteiger partial charge on any atom is -0.358 e. The molecule has 8 nitrogen and oxygen atoms in total. The molecule has 2 aromatic carbocycles. The van der Waals surface area contributed by atoms with Crippen molar-refractivity contribution in [2.24, 2.45) is 0 Å². The molecular formula is C26H32N4O4. The fourth-order valence-corrected chi connectivity index (χ4v) is 4.57. The van der Waals surface area contributed by atoms with Crippen molar-refractivity contribution < 1.29 is 19.1 Å². The summed E-state index contributed by atoms with van der Waals surface area (Å²) in [7, 11) is 1.69. The van der Waals surface area contributed by atoms with E-state index in [1.807, 2.05) is 60.7 Å². The molecule has 2 aliphatic rings. The average molecular weight is 465 g/mol. The maximum absolute atomic E-state index is 13.5. The van der Waals surface area contributed by atoms with Gasteiger partial charge >= 0.3 is 0 Å². The van der Waals surface area contributed by atoms with E-state index in [2.05, 4.69) is 16.0 Å². The van der Waals surface area contributed by atoms with Gasteiger partial charge in [0, 0.05) is 6.42 Å². The molecule has 8 heteroatoms. The smallest absolute Gasteiger partial charge is 0.247 e. The van der Waals surface area contributed by atoms with Crippen LogP contribution in [0.2, 0.25) is 0 Å². The first kappa shape index (κ1) is 23.9. The molecule has 3 amide bonds. The van der Waals surface area contributed by atoms with Crippen LogP contribution >= 0.6 is 0 Å². The van der Waals surface area contributed by atoms with Crippen LogP contribution in [-0.2, 0) is 19.1 Å². The number of hydrogen-bond acceptors (Lipinski definition) is 5. The Bertz CT molecular complexity index is 961. The summed E-state index contributed by atoms with van der Waals surface area (Å²) in [5.41, 5.74) is 1.92. The largest absolute Gasteiger partial charge is 0.358 e. The zero-order valence-electron chi connectivity index (χ0n) is 19.6. The fraction of sp³-hybridized carbons (Fsp3) is 0.423. The molecule has 0 unspecified atom stereocenters. The Kier molecular flexibility index (Phi) is 7.59. The molecule has 0 saturated carbocycles. The van der Waals surface area contributed by atoms with Crippen LogP contribution in [0.25, 0.3) is 0 Å². The number of carbonyl (C=O) groups excluding carboxylic acids is 3. The van der Waals surface area contributed by atoms with Crippen molar-refractivity contribution in [1.29, 1.82) is 0 Å². The number of benzene rings is 2. The maximum atomic E-state index is 13.5. The Balaban J connectivity index is 1.54. The normalized spacial score (nSPS) is 23.2. The second-order valence-electron chi connectivity index (χ2n) is 8.79. The van der Waals surface area contributed by atoms with Crippen LogP contribution < -0.4 is 16.0 Å². The lowest BCUT2D eigenvalue weighted by Crippen LogP contribution is -2.56. The van der Waals surface area contributed by atoms with Gasteiger partial charge in [0.2, 0.25) is 17.7 Å². The van der Waals surface area contributed by atoms with Gasteiger partial charge in [0.25, 0.3) is 0 Å². The third-order valence-electron chi connectivity index (χ3n) is 6.60. The zero-order valence-corrected chi connectivity index (χ0v) is 19.6. The highest BCUT2D eigenvalue weighted by atomic mass is 16.5. The van der Waals surface area contributed by atoms with E-state index in [-0.39, 0.29) is 23.8 Å². The van der Waals surface area contributed by atoms with Gasteiger partial charge in [0.1, 0.15) is 18.3 Å². The molecule has 0 aromatic heterocycles. The van der Waals surface area contributed by atoms with Crippen molar-refractivity contribution in [2.75, 3.05) is 13.7 Å². The molecule has 2 aromatic rings. The van der Waals surface area contributed by atoms with E-state index in [1.165, 1.54) is 4.90 Å². The lowest BCUT2D eigenvalue weighted by molar-refractivity contribution is -0.149. The molecule has 0 radical (unpaired) electrons. The van der Waals surface area contributed by atoms with E-state index in [1.54, 1.807) is 14.0 Å². The van der Waals surface area contributed by atoms with Crippen LogP contribution in [0.3, 0.4) is 0 Å². The summed E-state index contributed by atoms with van der Waals surface area (Å²) < 4.78 is 5.91. The van der Waals surface area contributed by atoms with Crippen molar-refractivity contribution >= 4 is 17.7 Å². The molecule has 180 valence electrons. The molecule has 2 heterocycles. The van der Waals surface area contributed by atoms with Crippen LogP contribution in [0.5, 0.6) is 0 Å². The van der Waals surface area contributed by atoms with Crippen LogP contribution in [0.1, 0.15) is 43.4 Å². The number of ether oxygens (including phenoxy) is 1. The van der Waals surface area contributed by atoms with Crippen molar-refractivity contribution in [3.8, 4) is 0 Å². The Morgan fingerprint density at radius 3 is 2.18 bits per heavy atom. The topological polar surface area (TPSA) is 99.8 Å². The molecule has 2 fully saturated rings. The van der Waals surface area contributed by atoms with E-state index in [4.69, 9.17) is 4.74 Å². The van der Waals surface area contributed by atoms with Gasteiger partial charge < -0.3 is 25.6 Å². The van der Waals surface area contributed by atoms with Gasteiger partial charge in [-0.05, 0) is 37.9 Å². The number of amides is 3. The van der Waals surface area contributed by atoms with Gasteiger partial charge in [-0.3, -0.25) is 14.4 Å². The van der Waals surface area contributed by atoms with Crippen LogP contribution in [0.15, 0.2) is 60.7 Å². The van der Waals surface area contributed by atoms with Crippen molar-refractivity contribution in [2.45, 2.75) is 56.6 Å². The van der Waals surface area contributed by atoms with E-state index >= 15 is 0 Å². The second kappa shape index (κ2) is 10.8. The number of fused-ring (bicyclic) bond motifs is 1. The average Bonchev–Trinajstić information content (AvgIpc) is 3.24. The highest BCUT2D eigenvalue weighted by molar-refractivity contribution is 5.94. The van der Waals surface area contributed by atoms with Crippen molar-refractivity contribution in [1.82, 2.24) is 20.9 Å². The summed E-state index contributed by atoms with van der Waals surface area (Å²) >= 11 is 0. The van der Waals surface area contributed by atoms with Crippen LogP contribution in [0.4, 0.5) is 0 Å². The number of likely N-dealkylation sites (N-methyl/N-ethyl adjacent to an activating group) is 1. The number of nitrogens with zero attached hydrogens (tertiary/aromatic N) is 1. The first-order chi connectivity index (χ1) is 16.5. The van der Waals surface area contributed by atoms with Gasteiger partial charge in [-0.2, -0.15) is 0 Å². The maximum Gasteiger partial charge on any atom is 0.247 e. The first-order valence-electron chi connectivity index (χ1n) is 11.8.